The number of nitrogens with zero attached hydrogens (tertiary/aromatic N) is 3. The van der Waals surface area contributed by atoms with Crippen molar-refractivity contribution in [1.82, 2.24) is 0 Å². The van der Waals surface area contributed by atoms with Gasteiger partial charge in [-0.3, -0.25) is 14.4 Å². The third-order valence-electron chi connectivity index (χ3n) is 16.6. The van der Waals surface area contributed by atoms with Gasteiger partial charge in [-0.2, -0.15) is 0 Å². The van der Waals surface area contributed by atoms with E-state index >= 15 is 0 Å². The fourth-order valence-electron chi connectivity index (χ4n) is 11.4. The van der Waals surface area contributed by atoms with Crippen molar-refractivity contribution in [3.8, 4) is 34.5 Å². The number of amides is 3. The molecule has 498 valence electrons. The van der Waals surface area contributed by atoms with Crippen LogP contribution in [0.1, 0.15) is 76.0 Å². The van der Waals surface area contributed by atoms with Crippen LogP contribution in [0, 0.1) is 45.1 Å². The van der Waals surface area contributed by atoms with E-state index in [1.807, 2.05) is 88.5 Å². The van der Waals surface area contributed by atoms with E-state index in [4.69, 9.17) is 29.6 Å². The molecule has 9 aromatic rings. The zero-order valence-corrected chi connectivity index (χ0v) is 55.9. The molecule has 96 heavy (non-hydrogen) atoms. The highest BCUT2D eigenvalue weighted by Gasteiger charge is 2.35. The molecular weight excluding hydrogens is 1310 g/mol. The van der Waals surface area contributed by atoms with Crippen LogP contribution in [0.5, 0.6) is 34.5 Å². The molecule has 0 aliphatic carbocycles. The van der Waals surface area contributed by atoms with Gasteiger partial charge in [0.25, 0.3) is 0 Å². The van der Waals surface area contributed by atoms with Crippen molar-refractivity contribution >= 4 is 76.6 Å². The normalized spacial score (nSPS) is 16.4. The minimum Gasteiger partial charge on any atom is -0.454 e. The first kappa shape index (κ1) is 69.5. The van der Waals surface area contributed by atoms with E-state index in [9.17, 15) is 52.8 Å². The third-order valence-corrected chi connectivity index (χ3v) is 20.1. The molecule has 0 unspecified atom stereocenters. The number of aryl methyl sites for hydroxylation is 4. The summed E-state index contributed by atoms with van der Waals surface area (Å²) in [7, 11) is -11.4. The number of anilines is 3. The molecule has 0 radical (unpaired) electrons. The summed E-state index contributed by atoms with van der Waals surface area (Å²) in [5.41, 5.74) is 7.84. The van der Waals surface area contributed by atoms with E-state index in [0.29, 0.717) is 53.9 Å². The Morgan fingerprint density at radius 3 is 1.11 bits per heavy atom. The molecule has 18 nitrogen and oxygen atoms in total. The lowest BCUT2D eigenvalue weighted by atomic mass is 9.98. The molecule has 0 bridgehead atoms. The van der Waals surface area contributed by atoms with Crippen molar-refractivity contribution < 1.29 is 67.0 Å². The van der Waals surface area contributed by atoms with Crippen molar-refractivity contribution in [1.29, 1.82) is 0 Å². The first-order valence-electron chi connectivity index (χ1n) is 30.0. The van der Waals surface area contributed by atoms with Gasteiger partial charge in [0.05, 0.1) is 14.7 Å². The predicted molar refractivity (Wildman–Crippen MR) is 362 cm³/mol. The van der Waals surface area contributed by atoms with Gasteiger partial charge in [-0.25, -0.2) is 53.8 Å². The lowest BCUT2D eigenvalue weighted by Crippen LogP contribution is -2.24. The van der Waals surface area contributed by atoms with Crippen molar-refractivity contribution in [2.24, 2.45) is 15.4 Å². The van der Waals surface area contributed by atoms with Gasteiger partial charge in [0, 0.05) is 78.6 Å². The summed E-state index contributed by atoms with van der Waals surface area (Å²) in [6.07, 6.45) is 2.68. The molecule has 0 saturated carbocycles. The van der Waals surface area contributed by atoms with Gasteiger partial charge in [-0.1, -0.05) is 60.7 Å². The van der Waals surface area contributed by atoms with Gasteiger partial charge in [-0.05, 0) is 200 Å². The topological polar surface area (TPSA) is 269 Å². The zero-order valence-electron chi connectivity index (χ0n) is 52.6. The molecule has 0 spiro atoms. The highest BCUT2D eigenvalue weighted by atomic mass is 32.2. The number of benzene rings is 9. The molecule has 3 aliphatic heterocycles. The summed E-state index contributed by atoms with van der Waals surface area (Å²) < 4.78 is 130. The van der Waals surface area contributed by atoms with Gasteiger partial charge in [0.1, 0.15) is 17.2 Å². The second-order valence-electron chi connectivity index (χ2n) is 23.3. The van der Waals surface area contributed by atoms with E-state index in [1.165, 1.54) is 66.4 Å². The van der Waals surface area contributed by atoms with Gasteiger partial charge in [-0.15, -0.1) is 11.8 Å². The lowest BCUT2D eigenvalue weighted by Gasteiger charge is -2.18. The number of para-hydroxylation sites is 2. The summed E-state index contributed by atoms with van der Waals surface area (Å²) in [4.78, 5) is 43.5. The Kier molecular flexibility index (Phi) is 20.9. The van der Waals surface area contributed by atoms with E-state index in [0.717, 1.165) is 43.8 Å². The summed E-state index contributed by atoms with van der Waals surface area (Å²) in [6.45, 7) is 8.81. The summed E-state index contributed by atoms with van der Waals surface area (Å²) in [5.74, 6) is -0.0944. The Hall–Kier alpha value is -9.34. The Balaban J connectivity index is 0.000000157. The molecule has 3 amide bonds. The Morgan fingerprint density at radius 2 is 0.750 bits per heavy atom. The molecular formula is C71H67F3N6O12S4. The second kappa shape index (κ2) is 28.9. The number of nitrogens with two attached hydrogens (primary N) is 3. The first-order valence-corrected chi connectivity index (χ1v) is 35.9. The largest absolute Gasteiger partial charge is 0.454 e. The average Bonchev–Trinajstić information content (AvgIpc) is 1.47. The van der Waals surface area contributed by atoms with Crippen LogP contribution in [0.4, 0.5) is 30.2 Å². The van der Waals surface area contributed by atoms with Gasteiger partial charge in [0.15, 0.2) is 34.7 Å². The number of primary sulfonamides is 3. The molecule has 3 heterocycles. The van der Waals surface area contributed by atoms with Gasteiger partial charge in [0.2, 0.25) is 47.8 Å². The average molecular weight is 1380 g/mol. The molecule has 3 saturated heterocycles. The number of thioether (sulfide) groups is 1. The molecule has 6 N–H and O–H groups in total. The zero-order chi connectivity index (χ0) is 69.0. The van der Waals surface area contributed by atoms with Crippen LogP contribution in [0.15, 0.2) is 208 Å². The van der Waals surface area contributed by atoms with Crippen molar-refractivity contribution in [3.63, 3.8) is 0 Å². The fourth-order valence-corrected chi connectivity index (χ4v) is 13.4. The van der Waals surface area contributed by atoms with Crippen molar-refractivity contribution in [2.45, 2.75) is 84.3 Å². The second-order valence-corrected chi connectivity index (χ2v) is 28.9. The Bertz CT molecular complexity index is 4780. The maximum atomic E-state index is 14.5. The smallest absolute Gasteiger partial charge is 0.238 e. The molecule has 9 aromatic carbocycles. The highest BCUT2D eigenvalue weighted by molar-refractivity contribution is 7.98. The van der Waals surface area contributed by atoms with E-state index < -0.39 is 47.5 Å². The number of sulfonamides is 3. The summed E-state index contributed by atoms with van der Waals surface area (Å²) >= 11 is 1.51. The SMILES string of the molecule is CSc1ccccc1Oc1cc([C@H]2CC(=O)N(c3ccc(S(N)(=O)=O)cc3)C2)ccc1F.Cc1ccc(C)c(Oc2cc([C@H]3CC(=O)N(c4ccc(S(N)(=O)=O)cc4)C3)ccc2F)c1.Cc1cccc(C)c1Oc1cc([C@H]2CC(=O)N(c3ccc(S(N)(=O)=O)cc3)C2)ccc1F. The minimum absolute atomic E-state index is 0.0173. The maximum Gasteiger partial charge on any atom is 0.238 e. The van der Waals surface area contributed by atoms with E-state index in [-0.39, 0.29) is 86.7 Å². The van der Waals surface area contributed by atoms with Crippen LogP contribution in [0.3, 0.4) is 0 Å². The number of rotatable bonds is 16. The Morgan fingerprint density at radius 1 is 0.396 bits per heavy atom. The molecule has 3 aliphatic rings. The van der Waals surface area contributed by atoms with Crippen LogP contribution in [-0.2, 0) is 44.5 Å². The third kappa shape index (κ3) is 16.5. The molecule has 0 aromatic heterocycles. The van der Waals surface area contributed by atoms with E-state index in [1.54, 1.807) is 93.6 Å². The number of ether oxygens (including phenoxy) is 3. The van der Waals surface area contributed by atoms with Crippen LogP contribution >= 0.6 is 11.8 Å². The lowest BCUT2D eigenvalue weighted by molar-refractivity contribution is -0.118. The number of hydrogen-bond donors (Lipinski definition) is 3. The van der Waals surface area contributed by atoms with Crippen molar-refractivity contribution in [3.05, 3.63) is 244 Å². The number of carbonyl (C=O) groups is 3. The molecule has 3 fully saturated rings. The number of carbonyl (C=O) groups excluding carboxylic acids is 3. The minimum atomic E-state index is -3.80. The van der Waals surface area contributed by atoms with Crippen molar-refractivity contribution in [2.75, 3.05) is 40.6 Å². The van der Waals surface area contributed by atoms with Gasteiger partial charge >= 0.3 is 0 Å². The quantitative estimate of drug-likeness (QED) is 0.0761. The standard InChI is InChI=1S/2C24H23FN2O4S.C23H21FN2O4S2/c1-15-3-4-16(2)22(11-15)31-23-12-17(5-10-21(23)25)18-13-24(28)27(14-18)19-6-8-20(9-7-19)32(26,29)30;1-15-4-3-5-16(2)24(15)31-22-12-17(6-11-21(22)25)18-13-23(28)27(14-18)19-7-9-20(10-8-19)32(26,29)30;1-31-22-5-3-2-4-20(22)30-21-12-15(6-11-19(21)24)16-13-23(27)26(14-16)17-7-9-18(10-8-17)32(25,28)29/h2*3-12,18H,13-14H2,1-2H3,(H2,26,29,30);2-12,16H,13-14H2,1H3,(H2,25,28,29)/t2*18-;16-/m000/s1. The first-order chi connectivity index (χ1) is 45.5. The number of hydrogen-bond acceptors (Lipinski definition) is 13. The Labute approximate surface area is 559 Å². The van der Waals surface area contributed by atoms with Crippen LogP contribution in [0.25, 0.3) is 0 Å². The van der Waals surface area contributed by atoms with Crippen LogP contribution < -0.4 is 44.3 Å². The molecule has 12 rings (SSSR count). The highest BCUT2D eigenvalue weighted by Crippen LogP contribution is 2.41. The predicted octanol–water partition coefficient (Wildman–Crippen LogP) is 13.3. The van der Waals surface area contributed by atoms with Crippen LogP contribution in [0.2, 0.25) is 0 Å². The molecule has 25 heteroatoms. The summed E-state index contributed by atoms with van der Waals surface area (Å²) in [5, 5.41) is 15.4. The monoisotopic (exact) mass is 1380 g/mol. The molecule has 3 atom stereocenters. The van der Waals surface area contributed by atoms with E-state index in [2.05, 4.69) is 0 Å². The van der Waals surface area contributed by atoms with Gasteiger partial charge < -0.3 is 28.9 Å². The van der Waals surface area contributed by atoms with Crippen LogP contribution in [-0.4, -0.2) is 68.9 Å². The fraction of sp³-hybridized carbons (Fsp3) is 0.197. The maximum absolute atomic E-state index is 14.5. The summed E-state index contributed by atoms with van der Waals surface area (Å²) in [6, 6.07) is 50.4. The number of halogens is 3.